The van der Waals surface area contributed by atoms with Crippen LogP contribution >= 0.6 is 15.9 Å². The topological polar surface area (TPSA) is 59.0 Å². The molecule has 1 aromatic carbocycles. The Morgan fingerprint density at radius 2 is 2.25 bits per heavy atom. The van der Waals surface area contributed by atoms with Crippen LogP contribution in [0.1, 0.15) is 31.9 Å². The van der Waals surface area contributed by atoms with Crippen LogP contribution in [-0.4, -0.2) is 6.10 Å². The van der Waals surface area contributed by atoms with Gasteiger partial charge >= 0.3 is 0 Å². The molecule has 0 aromatic heterocycles. The fraction of sp³-hybridized carbons (Fsp3) is 0.417. The van der Waals surface area contributed by atoms with Crippen LogP contribution < -0.4 is 10.5 Å². The van der Waals surface area contributed by atoms with Gasteiger partial charge < -0.3 is 10.5 Å². The first-order valence-electron chi connectivity index (χ1n) is 5.19. The van der Waals surface area contributed by atoms with Crippen LogP contribution in [0.4, 0.5) is 0 Å². The molecule has 2 N–H and O–H groups in total. The van der Waals surface area contributed by atoms with E-state index in [1.807, 2.05) is 32.0 Å². The Hall–Kier alpha value is -1.05. The van der Waals surface area contributed by atoms with E-state index in [0.717, 1.165) is 10.0 Å². The Bertz CT molecular complexity index is 398. The van der Waals surface area contributed by atoms with Gasteiger partial charge in [-0.2, -0.15) is 5.26 Å². The molecule has 0 heterocycles. The van der Waals surface area contributed by atoms with Crippen molar-refractivity contribution in [1.82, 2.24) is 0 Å². The summed E-state index contributed by atoms with van der Waals surface area (Å²) in [5.74, 6) is 0.687. The van der Waals surface area contributed by atoms with E-state index in [1.54, 1.807) is 0 Å². The molecule has 0 amide bonds. The molecule has 3 nitrogen and oxygen atoms in total. The first-order valence-corrected chi connectivity index (χ1v) is 5.99. The summed E-state index contributed by atoms with van der Waals surface area (Å²) in [5.41, 5.74) is 6.76. The van der Waals surface area contributed by atoms with Crippen molar-refractivity contribution in [1.29, 1.82) is 5.26 Å². The van der Waals surface area contributed by atoms with Crippen molar-refractivity contribution in [2.75, 3.05) is 0 Å². The van der Waals surface area contributed by atoms with Crippen molar-refractivity contribution in [3.63, 3.8) is 0 Å². The summed E-state index contributed by atoms with van der Waals surface area (Å²) in [6.07, 6.45) is 0.240. The van der Waals surface area contributed by atoms with Gasteiger partial charge in [-0.1, -0.05) is 22.9 Å². The lowest BCUT2D eigenvalue weighted by Crippen LogP contribution is -2.15. The minimum atomic E-state index is -0.418. The first-order chi connectivity index (χ1) is 7.58. The van der Waals surface area contributed by atoms with E-state index in [0.29, 0.717) is 12.2 Å². The van der Waals surface area contributed by atoms with Crippen molar-refractivity contribution in [2.24, 2.45) is 5.73 Å². The highest BCUT2D eigenvalue weighted by Gasteiger charge is 2.12. The van der Waals surface area contributed by atoms with Gasteiger partial charge in [-0.15, -0.1) is 0 Å². The molecular weight excluding hydrogens is 268 g/mol. The zero-order chi connectivity index (χ0) is 12.1. The number of ether oxygens (including phenoxy) is 1. The molecule has 4 heteroatoms. The van der Waals surface area contributed by atoms with Crippen LogP contribution in [0.2, 0.25) is 0 Å². The van der Waals surface area contributed by atoms with Gasteiger partial charge in [0.25, 0.3) is 0 Å². The third-order valence-corrected chi connectivity index (χ3v) is 2.74. The fourth-order valence-electron chi connectivity index (χ4n) is 1.34. The zero-order valence-electron chi connectivity index (χ0n) is 9.40. The molecule has 86 valence electrons. The van der Waals surface area contributed by atoms with Gasteiger partial charge in [0.05, 0.1) is 0 Å². The molecule has 1 rings (SSSR count). The predicted molar refractivity (Wildman–Crippen MR) is 67.1 cm³/mol. The van der Waals surface area contributed by atoms with E-state index >= 15 is 0 Å². The number of hydrogen-bond acceptors (Lipinski definition) is 3. The van der Waals surface area contributed by atoms with Gasteiger partial charge in [-0.05, 0) is 31.5 Å². The first kappa shape index (κ1) is 13.0. The third kappa shape index (κ3) is 3.22. The minimum absolute atomic E-state index is 0.122. The summed E-state index contributed by atoms with van der Waals surface area (Å²) in [7, 11) is 0. The molecule has 0 aliphatic carbocycles. The van der Waals surface area contributed by atoms with Crippen LogP contribution in [0.3, 0.4) is 0 Å². The molecule has 1 aromatic rings. The summed E-state index contributed by atoms with van der Waals surface area (Å²) in [5, 5.41) is 8.86. The van der Waals surface area contributed by atoms with E-state index in [-0.39, 0.29) is 6.04 Å². The number of halogens is 1. The lowest BCUT2D eigenvalue weighted by atomic mass is 10.1. The molecule has 0 saturated heterocycles. The lowest BCUT2D eigenvalue weighted by molar-refractivity contribution is 0.248. The maximum Gasteiger partial charge on any atom is 0.184 e. The molecular formula is C12H15BrN2O. The second kappa shape index (κ2) is 5.88. The number of nitriles is 1. The van der Waals surface area contributed by atoms with E-state index < -0.39 is 6.10 Å². The maximum atomic E-state index is 8.86. The molecule has 16 heavy (non-hydrogen) atoms. The number of benzene rings is 1. The van der Waals surface area contributed by atoms with Crippen LogP contribution in [0.15, 0.2) is 22.7 Å². The second-order valence-electron chi connectivity index (χ2n) is 3.61. The van der Waals surface area contributed by atoms with Gasteiger partial charge in [0.2, 0.25) is 0 Å². The summed E-state index contributed by atoms with van der Waals surface area (Å²) in [6, 6.07) is 7.62. The van der Waals surface area contributed by atoms with Gasteiger partial charge in [0.15, 0.2) is 6.10 Å². The maximum absolute atomic E-state index is 8.86. The molecule has 0 aliphatic rings. The van der Waals surface area contributed by atoms with E-state index in [1.165, 1.54) is 0 Å². The van der Waals surface area contributed by atoms with Crippen molar-refractivity contribution in [3.05, 3.63) is 28.2 Å². The summed E-state index contributed by atoms with van der Waals surface area (Å²) >= 11 is 3.39. The SMILES string of the molecule is CCC(C#N)Oc1ccc(Br)cc1[C@H](C)N. The van der Waals surface area contributed by atoms with Gasteiger partial charge in [-0.3, -0.25) is 0 Å². The Balaban J connectivity index is 3.00. The zero-order valence-corrected chi connectivity index (χ0v) is 11.0. The molecule has 1 unspecified atom stereocenters. The number of nitrogens with two attached hydrogens (primary N) is 1. The largest absolute Gasteiger partial charge is 0.475 e. The van der Waals surface area contributed by atoms with E-state index in [9.17, 15) is 0 Å². The van der Waals surface area contributed by atoms with Crippen LogP contribution in [-0.2, 0) is 0 Å². The molecule has 0 saturated carbocycles. The number of nitrogens with zero attached hydrogens (tertiary/aromatic N) is 1. The monoisotopic (exact) mass is 282 g/mol. The van der Waals surface area contributed by atoms with Crippen LogP contribution in [0.25, 0.3) is 0 Å². The average molecular weight is 283 g/mol. The number of hydrogen-bond donors (Lipinski definition) is 1. The molecule has 0 radical (unpaired) electrons. The summed E-state index contributed by atoms with van der Waals surface area (Å²) in [4.78, 5) is 0. The van der Waals surface area contributed by atoms with Crippen molar-refractivity contribution < 1.29 is 4.74 Å². The van der Waals surface area contributed by atoms with Crippen molar-refractivity contribution >= 4 is 15.9 Å². The van der Waals surface area contributed by atoms with Gasteiger partial charge in [0, 0.05) is 16.1 Å². The van der Waals surface area contributed by atoms with Crippen LogP contribution in [0, 0.1) is 11.3 Å². The second-order valence-corrected chi connectivity index (χ2v) is 4.53. The molecule has 2 atom stereocenters. The Kier molecular flexibility index (Phi) is 4.78. The van der Waals surface area contributed by atoms with Gasteiger partial charge in [-0.25, -0.2) is 0 Å². The van der Waals surface area contributed by atoms with E-state index in [2.05, 4.69) is 22.0 Å². The quantitative estimate of drug-likeness (QED) is 0.923. The molecule has 0 fully saturated rings. The van der Waals surface area contributed by atoms with Crippen LogP contribution in [0.5, 0.6) is 5.75 Å². The predicted octanol–water partition coefficient (Wildman–Crippen LogP) is 3.15. The Morgan fingerprint density at radius 1 is 1.56 bits per heavy atom. The fourth-order valence-corrected chi connectivity index (χ4v) is 1.72. The smallest absolute Gasteiger partial charge is 0.184 e. The average Bonchev–Trinajstić information content (AvgIpc) is 2.27. The highest BCUT2D eigenvalue weighted by atomic mass is 79.9. The van der Waals surface area contributed by atoms with E-state index in [4.69, 9.17) is 15.7 Å². The highest BCUT2D eigenvalue weighted by molar-refractivity contribution is 9.10. The standard InChI is InChI=1S/C12H15BrN2O/c1-3-10(7-14)16-12-5-4-9(13)6-11(12)8(2)15/h4-6,8,10H,3,15H2,1-2H3/t8-,10?/m0/s1. The highest BCUT2D eigenvalue weighted by Crippen LogP contribution is 2.28. The summed E-state index contributed by atoms with van der Waals surface area (Å²) < 4.78 is 6.55. The minimum Gasteiger partial charge on any atom is -0.475 e. The normalized spacial score (nSPS) is 13.9. The van der Waals surface area contributed by atoms with Crippen molar-refractivity contribution in [2.45, 2.75) is 32.4 Å². The Morgan fingerprint density at radius 3 is 2.75 bits per heavy atom. The lowest BCUT2D eigenvalue weighted by Gasteiger charge is -2.16. The molecule has 0 bridgehead atoms. The Labute approximate surface area is 104 Å². The molecule has 0 aliphatic heterocycles. The summed E-state index contributed by atoms with van der Waals surface area (Å²) in [6.45, 7) is 3.81. The van der Waals surface area contributed by atoms with Crippen molar-refractivity contribution in [3.8, 4) is 11.8 Å². The van der Waals surface area contributed by atoms with Gasteiger partial charge in [0.1, 0.15) is 11.8 Å². The number of rotatable bonds is 4. The third-order valence-electron chi connectivity index (χ3n) is 2.25. The molecule has 0 spiro atoms.